The minimum absolute atomic E-state index is 0.00966. The van der Waals surface area contributed by atoms with Gasteiger partial charge < -0.3 is 10.1 Å². The van der Waals surface area contributed by atoms with E-state index in [9.17, 15) is 14.9 Å². The number of amides is 1. The van der Waals surface area contributed by atoms with Crippen LogP contribution in [0.25, 0.3) is 9.69 Å². The number of ether oxygens (including phenoxy) is 1. The second kappa shape index (κ2) is 16.9. The van der Waals surface area contributed by atoms with Crippen molar-refractivity contribution >= 4 is 11.9 Å². The second-order valence-electron chi connectivity index (χ2n) is 9.47. The van der Waals surface area contributed by atoms with Gasteiger partial charge in [-0.2, -0.15) is 0 Å². The predicted octanol–water partition coefficient (Wildman–Crippen LogP) is 5.14. The molecule has 0 aromatic heterocycles. The smallest absolute Gasteiger partial charge is 0.306 e. The van der Waals surface area contributed by atoms with E-state index in [1.54, 1.807) is 18.2 Å². The number of nitrogens with one attached hydrogen (secondary N) is 1. The van der Waals surface area contributed by atoms with Crippen molar-refractivity contribution < 1.29 is 14.3 Å². The number of hydrogen-bond donors (Lipinski definition) is 1. The lowest BCUT2D eigenvalue weighted by Crippen LogP contribution is -2.39. The predicted molar refractivity (Wildman–Crippen MR) is 148 cm³/mol. The molecule has 0 saturated carbocycles. The highest BCUT2D eigenvalue weighted by Crippen LogP contribution is 2.18. The number of nitrogens with zero attached hydrogens (tertiary/aromatic N) is 5. The molecule has 0 fully saturated rings. The quantitative estimate of drug-likeness (QED) is 0.124. The largest absolute Gasteiger partial charge is 0.464 e. The molecule has 0 heterocycles. The molecular formula is C30H34N6O3. The number of esters is 1. The fourth-order valence-corrected chi connectivity index (χ4v) is 3.31. The van der Waals surface area contributed by atoms with Crippen molar-refractivity contribution in [2.24, 2.45) is 5.41 Å². The van der Waals surface area contributed by atoms with Gasteiger partial charge in [-0.25, -0.2) is 20.2 Å². The molecule has 1 N–H and O–H groups in total. The Balaban J connectivity index is 2.63. The zero-order valence-electron chi connectivity index (χ0n) is 22.9. The van der Waals surface area contributed by atoms with Crippen LogP contribution in [0.3, 0.4) is 0 Å². The minimum atomic E-state index is -0.479. The first-order valence-electron chi connectivity index (χ1n) is 12.5. The lowest BCUT2D eigenvalue weighted by Gasteiger charge is -2.29. The lowest BCUT2D eigenvalue weighted by molar-refractivity contribution is -0.144. The number of likely N-dealkylation sites (N-methyl/N-ethyl adjacent to an activating group) is 1. The van der Waals surface area contributed by atoms with Gasteiger partial charge in [0, 0.05) is 36.5 Å². The normalized spacial score (nSPS) is 16.1. The van der Waals surface area contributed by atoms with Crippen molar-refractivity contribution in [2.75, 3.05) is 19.7 Å². The summed E-state index contributed by atoms with van der Waals surface area (Å²) in [5, 5.41) is 21.0. The summed E-state index contributed by atoms with van der Waals surface area (Å²) in [5.74, 6) is -0.399. The van der Waals surface area contributed by atoms with Crippen molar-refractivity contribution in [2.45, 2.75) is 53.0 Å². The van der Waals surface area contributed by atoms with Gasteiger partial charge in [-0.05, 0) is 30.7 Å². The molecule has 39 heavy (non-hydrogen) atoms. The highest BCUT2D eigenvalue weighted by atomic mass is 16.5. The van der Waals surface area contributed by atoms with E-state index in [1.165, 1.54) is 18.2 Å². The average molecular weight is 527 g/mol. The third-order valence-corrected chi connectivity index (χ3v) is 5.54. The van der Waals surface area contributed by atoms with Gasteiger partial charge in [-0.3, -0.25) is 14.5 Å². The van der Waals surface area contributed by atoms with Crippen LogP contribution in [0, 0.1) is 41.2 Å². The molecule has 0 aromatic carbocycles. The monoisotopic (exact) mass is 526 g/mol. The number of carbonyl (C=O) groups is 2. The lowest BCUT2D eigenvalue weighted by atomic mass is 9.95. The highest BCUT2D eigenvalue weighted by molar-refractivity contribution is 5.83. The molecule has 0 saturated heterocycles. The molecule has 1 rings (SSSR count). The van der Waals surface area contributed by atoms with Crippen molar-refractivity contribution in [3.8, 4) is 12.1 Å². The molecule has 9 nitrogen and oxygen atoms in total. The Morgan fingerprint density at radius 2 is 1.97 bits per heavy atom. The highest BCUT2D eigenvalue weighted by Gasteiger charge is 2.23. The van der Waals surface area contributed by atoms with E-state index in [1.807, 2.05) is 45.9 Å². The van der Waals surface area contributed by atoms with E-state index >= 15 is 0 Å². The minimum Gasteiger partial charge on any atom is -0.464 e. The maximum absolute atomic E-state index is 12.3. The van der Waals surface area contributed by atoms with Gasteiger partial charge in [-0.1, -0.05) is 64.2 Å². The van der Waals surface area contributed by atoms with Gasteiger partial charge in [0.15, 0.2) is 0 Å². The Bertz CT molecular complexity index is 1220. The Morgan fingerprint density at radius 3 is 2.56 bits per heavy atom. The molecular weight excluding hydrogens is 492 g/mol. The maximum Gasteiger partial charge on any atom is 0.306 e. The topological polar surface area (TPSA) is 115 Å². The molecule has 1 aliphatic rings. The zero-order valence-corrected chi connectivity index (χ0v) is 22.9. The molecule has 0 aromatic rings. The molecule has 0 spiro atoms. The fraction of sp³-hybridized carbons (Fsp3) is 0.400. The third kappa shape index (κ3) is 11.9. The van der Waals surface area contributed by atoms with Crippen LogP contribution >= 0.6 is 0 Å². The summed E-state index contributed by atoms with van der Waals surface area (Å²) >= 11 is 0. The molecule has 202 valence electrons. The molecule has 1 unspecified atom stereocenters. The summed E-state index contributed by atoms with van der Waals surface area (Å²) < 4.78 is 5.39. The van der Waals surface area contributed by atoms with Crippen molar-refractivity contribution in [1.82, 2.24) is 10.2 Å². The first kappa shape index (κ1) is 32.3. The second-order valence-corrected chi connectivity index (χ2v) is 9.47. The van der Waals surface area contributed by atoms with Gasteiger partial charge in [0.2, 0.25) is 5.91 Å². The van der Waals surface area contributed by atoms with E-state index in [2.05, 4.69) is 26.0 Å². The van der Waals surface area contributed by atoms with Crippen LogP contribution in [0.15, 0.2) is 71.3 Å². The van der Waals surface area contributed by atoms with Crippen molar-refractivity contribution in [1.29, 1.82) is 10.5 Å². The maximum atomic E-state index is 12.3. The van der Waals surface area contributed by atoms with Crippen molar-refractivity contribution in [3.05, 3.63) is 94.1 Å². The Hall–Kier alpha value is -4.70. The Kier molecular flexibility index (Phi) is 14.0. The van der Waals surface area contributed by atoms with Gasteiger partial charge >= 0.3 is 5.97 Å². The van der Waals surface area contributed by atoms with Crippen LogP contribution in [0.4, 0.5) is 0 Å². The summed E-state index contributed by atoms with van der Waals surface area (Å²) in [6, 6.07) is 3.53. The molecule has 9 heteroatoms. The van der Waals surface area contributed by atoms with Crippen LogP contribution in [-0.4, -0.2) is 42.5 Å². The SMILES string of the molecule is [C-]#[N+]/C(C#N)=C/C=C/C(/C=C/CCC(=O)OCCN(CC)C1C=CCC(NC(=O)C(C)(C)C)=C1)=C(\C#N)[N+]#[C-]. The first-order valence-corrected chi connectivity index (χ1v) is 12.5. The molecule has 1 atom stereocenters. The van der Waals surface area contributed by atoms with Crippen LogP contribution < -0.4 is 5.32 Å². The molecule has 0 bridgehead atoms. The summed E-state index contributed by atoms with van der Waals surface area (Å²) in [7, 11) is 0. The summed E-state index contributed by atoms with van der Waals surface area (Å²) in [4.78, 5) is 32.9. The van der Waals surface area contributed by atoms with Crippen LogP contribution in [0.1, 0.15) is 47.0 Å². The van der Waals surface area contributed by atoms with Crippen molar-refractivity contribution in [3.63, 3.8) is 0 Å². The van der Waals surface area contributed by atoms with E-state index in [4.69, 9.17) is 23.1 Å². The van der Waals surface area contributed by atoms with Gasteiger partial charge in [0.05, 0.1) is 25.3 Å². The average Bonchev–Trinajstić information content (AvgIpc) is 2.91. The number of rotatable bonds is 12. The first-order chi connectivity index (χ1) is 18.6. The number of allylic oxidation sites excluding steroid dienone is 9. The summed E-state index contributed by atoms with van der Waals surface area (Å²) in [5.41, 5.74) is 0.422. The van der Waals surface area contributed by atoms with E-state index in [0.29, 0.717) is 25.0 Å². The van der Waals surface area contributed by atoms with E-state index in [0.717, 1.165) is 12.2 Å². The Labute approximate surface area is 231 Å². The Morgan fingerprint density at radius 1 is 1.23 bits per heavy atom. The number of nitriles is 2. The number of hydrogen-bond acceptors (Lipinski definition) is 6. The summed E-state index contributed by atoms with van der Waals surface area (Å²) in [6.45, 7) is 23.1. The fourth-order valence-electron chi connectivity index (χ4n) is 3.31. The van der Waals surface area contributed by atoms with Crippen LogP contribution in [-0.2, 0) is 14.3 Å². The molecule has 1 aliphatic carbocycles. The molecule has 0 radical (unpaired) electrons. The van der Waals surface area contributed by atoms with Gasteiger partial charge in [0.1, 0.15) is 6.61 Å². The molecule has 0 aliphatic heterocycles. The van der Waals surface area contributed by atoms with E-state index < -0.39 is 5.41 Å². The van der Waals surface area contributed by atoms with Crippen LogP contribution in [0.2, 0.25) is 0 Å². The van der Waals surface area contributed by atoms with Gasteiger partial charge in [-0.15, -0.1) is 0 Å². The standard InChI is InChI=1S/C30H34N6O3/c1-7-36(26-16-11-14-24(20-26)35-29(38)30(2,3)4)18-19-39-28(37)17-9-8-12-23(27(22-32)34-6)13-10-15-25(21-31)33-5/h8,10-13,15-16,20,26H,7,9,14,17-19H2,1-4H3,(H,35,38)/b12-8+,13-10+,25-15+,27-23+. The van der Waals surface area contributed by atoms with Gasteiger partial charge in [0.25, 0.3) is 11.4 Å². The third-order valence-electron chi connectivity index (χ3n) is 5.54. The summed E-state index contributed by atoms with van der Waals surface area (Å²) in [6.07, 6.45) is 14.6. The molecule has 1 amide bonds. The number of carbonyl (C=O) groups excluding carboxylic acids is 2. The van der Waals surface area contributed by atoms with E-state index in [-0.39, 0.29) is 42.3 Å². The van der Waals surface area contributed by atoms with Crippen LogP contribution in [0.5, 0.6) is 0 Å². The zero-order chi connectivity index (χ0) is 29.3.